The zero-order chi connectivity index (χ0) is 11.9. The first-order valence-electron chi connectivity index (χ1n) is 5.02. The van der Waals surface area contributed by atoms with Gasteiger partial charge >= 0.3 is 0 Å². The lowest BCUT2D eigenvalue weighted by Crippen LogP contribution is -2.37. The molecule has 0 amide bonds. The van der Waals surface area contributed by atoms with Gasteiger partial charge in [0.05, 0.1) is 11.9 Å². The van der Waals surface area contributed by atoms with Crippen LogP contribution >= 0.6 is 0 Å². The number of Topliss-reactive ketones (excluding diaryl/α,β-unsaturated/α-hetero) is 1. The predicted molar refractivity (Wildman–Crippen MR) is 62.3 cm³/mol. The molecule has 1 aromatic carbocycles. The lowest BCUT2D eigenvalue weighted by molar-refractivity contribution is 0.0982. The number of carbonyl (C=O) groups excluding carboxylic acids is 1. The molecule has 0 fully saturated rings. The van der Waals surface area contributed by atoms with Crippen LogP contribution in [0.3, 0.4) is 0 Å². The summed E-state index contributed by atoms with van der Waals surface area (Å²) in [4.78, 5) is 11.7. The summed E-state index contributed by atoms with van der Waals surface area (Å²) in [6.07, 6.45) is 1.42. The van der Waals surface area contributed by atoms with Crippen molar-refractivity contribution in [1.82, 2.24) is 0 Å². The zero-order valence-electron chi connectivity index (χ0n) is 9.23. The van der Waals surface area contributed by atoms with E-state index in [1.54, 1.807) is 12.1 Å². The first-order chi connectivity index (χ1) is 7.41. The monoisotopic (exact) mass is 239 g/mol. The largest absolute Gasteiger partial charge is 0.294 e. The number of ketones is 1. The molecular formula is C11H13NO3S. The molecule has 0 saturated carbocycles. The van der Waals surface area contributed by atoms with E-state index in [-0.39, 0.29) is 18.7 Å². The Morgan fingerprint density at radius 3 is 2.62 bits per heavy atom. The molecule has 1 aromatic rings. The second-order valence-corrected chi connectivity index (χ2v) is 5.89. The summed E-state index contributed by atoms with van der Waals surface area (Å²) in [6, 6.07) is 5.27. The molecule has 0 spiro atoms. The fourth-order valence-electron chi connectivity index (χ4n) is 2.00. The van der Waals surface area contributed by atoms with Gasteiger partial charge in [0.25, 0.3) is 0 Å². The molecule has 1 heterocycles. The Hall–Kier alpha value is -1.36. The number of benzene rings is 1. The highest BCUT2D eigenvalue weighted by molar-refractivity contribution is 7.92. The highest BCUT2D eigenvalue weighted by Crippen LogP contribution is 2.31. The Labute approximate surface area is 94.9 Å². The predicted octanol–water partition coefficient (Wildman–Crippen LogP) is 1.35. The lowest BCUT2D eigenvalue weighted by Gasteiger charge is -2.29. The van der Waals surface area contributed by atoms with E-state index in [9.17, 15) is 13.2 Å². The van der Waals surface area contributed by atoms with Crippen LogP contribution in [-0.2, 0) is 10.0 Å². The maximum Gasteiger partial charge on any atom is 0.232 e. The van der Waals surface area contributed by atoms with Gasteiger partial charge in [-0.25, -0.2) is 8.42 Å². The summed E-state index contributed by atoms with van der Waals surface area (Å²) in [7, 11) is -3.30. The van der Waals surface area contributed by atoms with Gasteiger partial charge in [-0.1, -0.05) is 12.1 Å². The maximum absolute atomic E-state index is 11.7. The highest BCUT2D eigenvalue weighted by Gasteiger charge is 2.29. The molecule has 0 radical (unpaired) electrons. The number of para-hydroxylation sites is 1. The second kappa shape index (κ2) is 3.59. The van der Waals surface area contributed by atoms with Crippen molar-refractivity contribution in [2.45, 2.75) is 13.3 Å². The van der Waals surface area contributed by atoms with E-state index in [4.69, 9.17) is 0 Å². The Kier molecular flexibility index (Phi) is 2.50. The third kappa shape index (κ3) is 1.71. The van der Waals surface area contributed by atoms with Gasteiger partial charge in [-0.2, -0.15) is 0 Å². The number of aryl methyl sites for hydroxylation is 1. The molecule has 86 valence electrons. The number of fused-ring (bicyclic) bond motifs is 1. The van der Waals surface area contributed by atoms with E-state index in [1.807, 2.05) is 13.0 Å². The van der Waals surface area contributed by atoms with Gasteiger partial charge in [0.1, 0.15) is 0 Å². The van der Waals surface area contributed by atoms with Crippen molar-refractivity contribution in [2.24, 2.45) is 0 Å². The molecule has 0 aromatic heterocycles. The average molecular weight is 239 g/mol. The molecular weight excluding hydrogens is 226 g/mol. The SMILES string of the molecule is Cc1cccc2c1N(S(C)(=O)=O)CCC2=O. The van der Waals surface area contributed by atoms with Gasteiger partial charge in [-0.05, 0) is 18.6 Å². The van der Waals surface area contributed by atoms with Crippen LogP contribution in [0.5, 0.6) is 0 Å². The van der Waals surface area contributed by atoms with Crippen LogP contribution < -0.4 is 4.31 Å². The molecule has 0 saturated heterocycles. The van der Waals surface area contributed by atoms with Crippen LogP contribution in [0.15, 0.2) is 18.2 Å². The van der Waals surface area contributed by atoms with Crippen LogP contribution in [0, 0.1) is 6.92 Å². The molecule has 2 rings (SSSR count). The van der Waals surface area contributed by atoms with E-state index in [0.717, 1.165) is 5.56 Å². The van der Waals surface area contributed by atoms with Crippen molar-refractivity contribution in [2.75, 3.05) is 17.1 Å². The van der Waals surface area contributed by atoms with Gasteiger partial charge in [0.2, 0.25) is 10.0 Å². The summed E-state index contributed by atoms with van der Waals surface area (Å²) >= 11 is 0. The van der Waals surface area contributed by atoms with Crippen LogP contribution in [0.25, 0.3) is 0 Å². The van der Waals surface area contributed by atoms with E-state index in [2.05, 4.69) is 0 Å². The number of hydrogen-bond acceptors (Lipinski definition) is 3. The molecule has 16 heavy (non-hydrogen) atoms. The van der Waals surface area contributed by atoms with Gasteiger partial charge < -0.3 is 0 Å². The molecule has 1 aliphatic heterocycles. The summed E-state index contributed by atoms with van der Waals surface area (Å²) in [5.41, 5.74) is 1.87. The molecule has 4 nitrogen and oxygen atoms in total. The molecule has 0 atom stereocenters. The Balaban J connectivity index is 2.68. The maximum atomic E-state index is 11.7. The van der Waals surface area contributed by atoms with Gasteiger partial charge in [0, 0.05) is 18.5 Å². The highest BCUT2D eigenvalue weighted by atomic mass is 32.2. The number of rotatable bonds is 1. The summed E-state index contributed by atoms with van der Waals surface area (Å²) < 4.78 is 24.6. The molecule has 5 heteroatoms. The fraction of sp³-hybridized carbons (Fsp3) is 0.364. The number of sulfonamides is 1. The Morgan fingerprint density at radius 1 is 1.31 bits per heavy atom. The van der Waals surface area contributed by atoms with Crippen LogP contribution in [0.2, 0.25) is 0 Å². The number of hydrogen-bond donors (Lipinski definition) is 0. The summed E-state index contributed by atoms with van der Waals surface area (Å²) in [5.74, 6) is 0.0126. The Morgan fingerprint density at radius 2 is 2.00 bits per heavy atom. The minimum absolute atomic E-state index is 0.0126. The van der Waals surface area contributed by atoms with E-state index in [1.165, 1.54) is 10.6 Å². The van der Waals surface area contributed by atoms with Gasteiger partial charge in [0.15, 0.2) is 5.78 Å². The fourth-order valence-corrected chi connectivity index (χ4v) is 2.99. The number of anilines is 1. The van der Waals surface area contributed by atoms with Crippen molar-refractivity contribution in [3.63, 3.8) is 0 Å². The molecule has 1 aliphatic rings. The van der Waals surface area contributed by atoms with E-state index >= 15 is 0 Å². The quantitative estimate of drug-likeness (QED) is 0.743. The normalized spacial score (nSPS) is 16.1. The summed E-state index contributed by atoms with van der Waals surface area (Å²) in [6.45, 7) is 2.06. The smallest absolute Gasteiger partial charge is 0.232 e. The van der Waals surface area contributed by atoms with Crippen LogP contribution in [0.4, 0.5) is 5.69 Å². The molecule has 0 aliphatic carbocycles. The van der Waals surface area contributed by atoms with E-state index in [0.29, 0.717) is 11.3 Å². The van der Waals surface area contributed by atoms with Crippen LogP contribution in [-0.4, -0.2) is 27.0 Å². The first kappa shape index (κ1) is 11.1. The number of carbonyl (C=O) groups is 1. The number of nitrogens with zero attached hydrogens (tertiary/aromatic N) is 1. The van der Waals surface area contributed by atoms with Crippen molar-refractivity contribution in [3.05, 3.63) is 29.3 Å². The topological polar surface area (TPSA) is 54.5 Å². The third-order valence-electron chi connectivity index (χ3n) is 2.73. The minimum Gasteiger partial charge on any atom is -0.294 e. The average Bonchev–Trinajstić information content (AvgIpc) is 2.18. The lowest BCUT2D eigenvalue weighted by atomic mass is 9.99. The first-order valence-corrected chi connectivity index (χ1v) is 6.86. The molecule has 0 N–H and O–H groups in total. The zero-order valence-corrected chi connectivity index (χ0v) is 10.0. The second-order valence-electron chi connectivity index (χ2n) is 3.98. The molecule has 0 unspecified atom stereocenters. The van der Waals surface area contributed by atoms with Crippen molar-refractivity contribution in [1.29, 1.82) is 0 Å². The third-order valence-corrected chi connectivity index (χ3v) is 3.90. The van der Waals surface area contributed by atoms with E-state index < -0.39 is 10.0 Å². The summed E-state index contributed by atoms with van der Waals surface area (Å²) in [5, 5.41) is 0. The van der Waals surface area contributed by atoms with Crippen molar-refractivity contribution in [3.8, 4) is 0 Å². The van der Waals surface area contributed by atoms with Crippen LogP contribution in [0.1, 0.15) is 22.3 Å². The van der Waals surface area contributed by atoms with Gasteiger partial charge in [-0.3, -0.25) is 9.10 Å². The molecule has 0 bridgehead atoms. The van der Waals surface area contributed by atoms with Gasteiger partial charge in [-0.15, -0.1) is 0 Å². The Bertz CT molecular complexity index is 548. The minimum atomic E-state index is -3.30. The standard InChI is InChI=1S/C11H13NO3S/c1-8-4-3-5-9-10(13)6-7-12(11(8)9)16(2,14)15/h3-5H,6-7H2,1-2H3. The van der Waals surface area contributed by atoms with Crippen molar-refractivity contribution >= 4 is 21.5 Å². The van der Waals surface area contributed by atoms with Crippen molar-refractivity contribution < 1.29 is 13.2 Å².